The zero-order valence-electron chi connectivity index (χ0n) is 16.6. The maximum Gasteiger partial charge on any atom is 0.257 e. The Bertz CT molecular complexity index is 928. The lowest BCUT2D eigenvalue weighted by atomic mass is 9.94. The van der Waals surface area contributed by atoms with E-state index in [1.165, 1.54) is 31.9 Å². The Balaban J connectivity index is 1.81. The van der Waals surface area contributed by atoms with Crippen LogP contribution in [0.25, 0.3) is 10.9 Å². The zero-order valence-corrected chi connectivity index (χ0v) is 16.6. The van der Waals surface area contributed by atoms with Crippen LogP contribution in [0.3, 0.4) is 0 Å². The minimum Gasteiger partial charge on any atom is -0.354 e. The van der Waals surface area contributed by atoms with Crippen LogP contribution in [0.15, 0.2) is 36.5 Å². The highest BCUT2D eigenvalue weighted by Gasteiger charge is 2.34. The molecule has 0 radical (unpaired) electrons. The smallest absolute Gasteiger partial charge is 0.257 e. The lowest BCUT2D eigenvalue weighted by Crippen LogP contribution is -2.50. The third kappa shape index (κ3) is 3.30. The Morgan fingerprint density at radius 3 is 2.79 bits per heavy atom. The zero-order chi connectivity index (χ0) is 19.7. The predicted molar refractivity (Wildman–Crippen MR) is 114 cm³/mol. The van der Waals surface area contributed by atoms with Gasteiger partial charge in [0, 0.05) is 30.9 Å². The normalized spacial score (nSPS) is 18.1. The van der Waals surface area contributed by atoms with Crippen molar-refractivity contribution in [2.24, 2.45) is 0 Å². The molecule has 0 atom stereocenters. The lowest BCUT2D eigenvalue weighted by molar-refractivity contribution is 0.0647. The van der Waals surface area contributed by atoms with Gasteiger partial charge in [-0.05, 0) is 42.5 Å². The SMILES string of the molecule is C=C(C=N)Cc1cc2c(c3ncccc13)N(C)CN(C1CCCCCC1)C2=O. The van der Waals surface area contributed by atoms with Crippen LogP contribution in [0.1, 0.15) is 54.4 Å². The van der Waals surface area contributed by atoms with Gasteiger partial charge in [-0.15, -0.1) is 0 Å². The molecule has 1 amide bonds. The van der Waals surface area contributed by atoms with Gasteiger partial charge < -0.3 is 15.2 Å². The van der Waals surface area contributed by atoms with E-state index in [0.717, 1.165) is 46.1 Å². The highest BCUT2D eigenvalue weighted by molar-refractivity contribution is 6.10. The van der Waals surface area contributed by atoms with Crippen molar-refractivity contribution < 1.29 is 4.79 Å². The summed E-state index contributed by atoms with van der Waals surface area (Å²) in [6.45, 7) is 4.57. The summed E-state index contributed by atoms with van der Waals surface area (Å²) < 4.78 is 0. The molecule has 1 N–H and O–H groups in total. The minimum atomic E-state index is 0.120. The highest BCUT2D eigenvalue weighted by atomic mass is 16.2. The number of benzene rings is 1. The van der Waals surface area contributed by atoms with Gasteiger partial charge in [-0.1, -0.05) is 38.3 Å². The van der Waals surface area contributed by atoms with Crippen molar-refractivity contribution >= 4 is 28.7 Å². The number of nitrogens with zero attached hydrogens (tertiary/aromatic N) is 3. The fraction of sp³-hybridized carbons (Fsp3) is 0.435. The number of carbonyl (C=O) groups excluding carboxylic acids is 1. The number of hydrogen-bond acceptors (Lipinski definition) is 4. The summed E-state index contributed by atoms with van der Waals surface area (Å²) >= 11 is 0. The van der Waals surface area contributed by atoms with Gasteiger partial charge in [0.05, 0.1) is 23.4 Å². The summed E-state index contributed by atoms with van der Waals surface area (Å²) in [5.41, 5.74) is 4.26. The van der Waals surface area contributed by atoms with Crippen LogP contribution in [-0.2, 0) is 6.42 Å². The molecule has 0 bridgehead atoms. The molecular formula is C23H28N4O. The molecule has 2 aliphatic rings. The molecule has 1 aliphatic carbocycles. The van der Waals surface area contributed by atoms with Gasteiger partial charge in [0.1, 0.15) is 0 Å². The minimum absolute atomic E-state index is 0.120. The molecule has 28 heavy (non-hydrogen) atoms. The van der Waals surface area contributed by atoms with E-state index < -0.39 is 0 Å². The van der Waals surface area contributed by atoms with Crippen LogP contribution in [0.2, 0.25) is 0 Å². The van der Waals surface area contributed by atoms with E-state index in [1.54, 1.807) is 6.20 Å². The Hall–Kier alpha value is -2.69. The van der Waals surface area contributed by atoms with Crippen LogP contribution in [-0.4, -0.2) is 41.8 Å². The third-order valence-corrected chi connectivity index (χ3v) is 6.08. The van der Waals surface area contributed by atoms with Gasteiger partial charge in [-0.3, -0.25) is 9.78 Å². The largest absolute Gasteiger partial charge is 0.354 e. The van der Waals surface area contributed by atoms with E-state index in [2.05, 4.69) is 28.4 Å². The maximum absolute atomic E-state index is 13.5. The lowest BCUT2D eigenvalue weighted by Gasteiger charge is -2.40. The summed E-state index contributed by atoms with van der Waals surface area (Å²) in [5, 5.41) is 8.52. The van der Waals surface area contributed by atoms with Gasteiger partial charge in [-0.2, -0.15) is 0 Å². The Kier molecular flexibility index (Phi) is 5.16. The fourth-order valence-electron chi connectivity index (χ4n) is 4.66. The fourth-order valence-corrected chi connectivity index (χ4v) is 4.66. The van der Waals surface area contributed by atoms with Crippen molar-refractivity contribution in [1.29, 1.82) is 5.41 Å². The monoisotopic (exact) mass is 376 g/mol. The predicted octanol–water partition coefficient (Wildman–Crippen LogP) is 4.56. The van der Waals surface area contributed by atoms with Crippen LogP contribution in [0.4, 0.5) is 5.69 Å². The number of anilines is 1. The summed E-state index contributed by atoms with van der Waals surface area (Å²) in [6, 6.07) is 6.31. The second-order valence-corrected chi connectivity index (χ2v) is 8.07. The van der Waals surface area contributed by atoms with Gasteiger partial charge in [0.25, 0.3) is 5.91 Å². The summed E-state index contributed by atoms with van der Waals surface area (Å²) in [6.07, 6.45) is 10.8. The Labute approximate surface area is 166 Å². The van der Waals surface area contributed by atoms with E-state index in [-0.39, 0.29) is 5.91 Å². The first kappa shape index (κ1) is 18.7. The number of pyridine rings is 1. The summed E-state index contributed by atoms with van der Waals surface area (Å²) in [7, 11) is 2.05. The highest BCUT2D eigenvalue weighted by Crippen LogP contribution is 2.37. The van der Waals surface area contributed by atoms with Crippen LogP contribution in [0, 0.1) is 5.41 Å². The molecular weight excluding hydrogens is 348 g/mol. The molecule has 5 nitrogen and oxygen atoms in total. The third-order valence-electron chi connectivity index (χ3n) is 6.08. The number of nitrogens with one attached hydrogen (secondary N) is 1. The maximum atomic E-state index is 13.5. The number of carbonyl (C=O) groups is 1. The summed E-state index contributed by atoms with van der Waals surface area (Å²) in [5.74, 6) is 0.120. The first-order valence-corrected chi connectivity index (χ1v) is 10.2. The van der Waals surface area contributed by atoms with Crippen LogP contribution >= 0.6 is 0 Å². The van der Waals surface area contributed by atoms with Gasteiger partial charge in [-0.25, -0.2) is 0 Å². The number of aromatic nitrogens is 1. The second-order valence-electron chi connectivity index (χ2n) is 8.07. The molecule has 1 saturated carbocycles. The molecule has 1 aromatic heterocycles. The van der Waals surface area contributed by atoms with E-state index in [4.69, 9.17) is 5.41 Å². The Morgan fingerprint density at radius 1 is 1.32 bits per heavy atom. The van der Waals surface area contributed by atoms with E-state index in [9.17, 15) is 4.79 Å². The van der Waals surface area contributed by atoms with Crippen molar-refractivity contribution in [3.05, 3.63) is 47.7 Å². The quantitative estimate of drug-likeness (QED) is 0.629. The molecule has 2 aromatic rings. The molecule has 5 heteroatoms. The van der Waals surface area contributed by atoms with E-state index in [0.29, 0.717) is 19.1 Å². The molecule has 4 rings (SSSR count). The first-order chi connectivity index (χ1) is 13.6. The summed E-state index contributed by atoms with van der Waals surface area (Å²) in [4.78, 5) is 22.4. The second kappa shape index (κ2) is 7.74. The van der Waals surface area contributed by atoms with Crippen molar-refractivity contribution in [3.63, 3.8) is 0 Å². The topological polar surface area (TPSA) is 60.3 Å². The first-order valence-electron chi connectivity index (χ1n) is 10.2. The van der Waals surface area contributed by atoms with Crippen molar-refractivity contribution in [2.45, 2.75) is 51.0 Å². The Morgan fingerprint density at radius 2 is 2.07 bits per heavy atom. The molecule has 0 unspecified atom stereocenters. The molecule has 146 valence electrons. The van der Waals surface area contributed by atoms with Gasteiger partial charge in [0.15, 0.2) is 0 Å². The average molecular weight is 377 g/mol. The molecule has 0 spiro atoms. The van der Waals surface area contributed by atoms with Crippen molar-refractivity contribution in [3.8, 4) is 0 Å². The molecule has 1 aromatic carbocycles. The van der Waals surface area contributed by atoms with Crippen LogP contribution in [0.5, 0.6) is 0 Å². The standard InChI is InChI=1S/C23H28N4O/c1-16(14-24)12-17-13-20-22(21-19(17)10-7-11-25-21)26(2)15-27(23(20)28)18-8-5-3-4-6-9-18/h7,10-11,13-14,18,24H,1,3-6,8-9,12,15H2,2H3. The number of allylic oxidation sites excluding steroid dienone is 1. The number of amides is 1. The molecule has 0 saturated heterocycles. The number of hydrogen-bond donors (Lipinski definition) is 1. The molecule has 2 heterocycles. The van der Waals surface area contributed by atoms with Crippen molar-refractivity contribution in [2.75, 3.05) is 18.6 Å². The number of rotatable bonds is 4. The molecule has 1 aliphatic heterocycles. The number of fused-ring (bicyclic) bond motifs is 3. The van der Waals surface area contributed by atoms with E-state index in [1.807, 2.05) is 18.2 Å². The van der Waals surface area contributed by atoms with Crippen molar-refractivity contribution in [1.82, 2.24) is 9.88 Å². The molecule has 1 fully saturated rings. The van der Waals surface area contributed by atoms with Crippen LogP contribution < -0.4 is 4.90 Å². The van der Waals surface area contributed by atoms with Gasteiger partial charge >= 0.3 is 0 Å². The average Bonchev–Trinajstić information content (AvgIpc) is 2.99. The van der Waals surface area contributed by atoms with E-state index >= 15 is 0 Å². The van der Waals surface area contributed by atoms with Gasteiger partial charge in [0.2, 0.25) is 0 Å².